The molecule has 6 heteroatoms. The number of nitro groups is 1. The van der Waals surface area contributed by atoms with Gasteiger partial charge in [0, 0.05) is 0 Å². The predicted octanol–water partition coefficient (Wildman–Crippen LogP) is 2.11. The van der Waals surface area contributed by atoms with Crippen molar-refractivity contribution in [2.75, 3.05) is 0 Å². The molecule has 0 saturated heterocycles. The molecule has 1 aromatic rings. The molecule has 1 aromatic carbocycles. The second-order valence-electron chi connectivity index (χ2n) is 2.17. The smallest absolute Gasteiger partial charge is 0.275 e. The van der Waals surface area contributed by atoms with Crippen molar-refractivity contribution in [2.45, 2.75) is 0 Å². The normalized spacial score (nSPS) is 9.69. The predicted molar refractivity (Wildman–Crippen MR) is 43.2 cm³/mol. The van der Waals surface area contributed by atoms with Crippen molar-refractivity contribution in [3.05, 3.63) is 39.7 Å². The van der Waals surface area contributed by atoms with E-state index in [2.05, 4.69) is 0 Å². The molecule has 0 aromatic heterocycles. The molecule has 0 bridgehead atoms. The molecule has 0 saturated carbocycles. The van der Waals surface area contributed by atoms with Gasteiger partial charge in [-0.2, -0.15) is 4.39 Å². The Hall–Kier alpha value is -1.49. The molecule has 68 valence electrons. The van der Waals surface area contributed by atoms with Gasteiger partial charge in [-0.25, -0.2) is 0 Å². The van der Waals surface area contributed by atoms with Crippen LogP contribution < -0.4 is 0 Å². The van der Waals surface area contributed by atoms with Gasteiger partial charge in [0.05, 0.1) is 4.92 Å². The Morgan fingerprint density at radius 3 is 2.54 bits per heavy atom. The lowest BCUT2D eigenvalue weighted by Gasteiger charge is -1.97. The number of carbonyl (C=O) groups excluding carboxylic acids is 1. The first kappa shape index (κ1) is 9.60. The van der Waals surface area contributed by atoms with Crippen molar-refractivity contribution >= 4 is 22.5 Å². The fourth-order valence-electron chi connectivity index (χ4n) is 0.860. The Balaban J connectivity index is 3.43. The van der Waals surface area contributed by atoms with E-state index in [1.54, 1.807) is 0 Å². The van der Waals surface area contributed by atoms with E-state index in [4.69, 9.17) is 11.6 Å². The number of para-hydroxylation sites is 1. The van der Waals surface area contributed by atoms with Gasteiger partial charge in [0.15, 0.2) is 0 Å². The van der Waals surface area contributed by atoms with Gasteiger partial charge in [0.25, 0.3) is 5.24 Å². The van der Waals surface area contributed by atoms with E-state index in [9.17, 15) is 19.3 Å². The zero-order valence-corrected chi connectivity index (χ0v) is 6.92. The van der Waals surface area contributed by atoms with Crippen molar-refractivity contribution in [1.82, 2.24) is 0 Å². The second kappa shape index (κ2) is 3.49. The summed E-state index contributed by atoms with van der Waals surface area (Å²) < 4.78 is 12.8. The van der Waals surface area contributed by atoms with Crippen molar-refractivity contribution < 1.29 is 14.1 Å². The minimum Gasteiger partial charge on any atom is -0.275 e. The quantitative estimate of drug-likeness (QED) is 0.420. The first-order chi connectivity index (χ1) is 6.04. The monoisotopic (exact) mass is 203 g/mol. The van der Waals surface area contributed by atoms with Crippen molar-refractivity contribution in [1.29, 1.82) is 0 Å². The highest BCUT2D eigenvalue weighted by Gasteiger charge is 2.23. The number of nitrogens with zero attached hydrogens (tertiary/aromatic N) is 1. The Kier molecular flexibility index (Phi) is 2.57. The lowest BCUT2D eigenvalue weighted by molar-refractivity contribution is -0.387. The van der Waals surface area contributed by atoms with E-state index in [1.807, 2.05) is 0 Å². The van der Waals surface area contributed by atoms with Gasteiger partial charge in [-0.3, -0.25) is 14.9 Å². The number of rotatable bonds is 2. The molecule has 1 rings (SSSR count). The fourth-order valence-corrected chi connectivity index (χ4v) is 1.01. The summed E-state index contributed by atoms with van der Waals surface area (Å²) in [6.07, 6.45) is 0. The maximum absolute atomic E-state index is 12.8. The van der Waals surface area contributed by atoms with E-state index >= 15 is 0 Å². The number of hydrogen-bond donors (Lipinski definition) is 0. The molecule has 0 spiro atoms. The molecule has 0 fully saturated rings. The van der Waals surface area contributed by atoms with Crippen LogP contribution in [0.4, 0.5) is 10.1 Å². The Morgan fingerprint density at radius 1 is 1.54 bits per heavy atom. The van der Waals surface area contributed by atoms with Gasteiger partial charge >= 0.3 is 5.69 Å². The van der Waals surface area contributed by atoms with Gasteiger partial charge in [0.2, 0.25) is 5.82 Å². The summed E-state index contributed by atoms with van der Waals surface area (Å²) in [5.41, 5.74) is -1.32. The van der Waals surface area contributed by atoms with E-state index < -0.39 is 27.2 Å². The van der Waals surface area contributed by atoms with Crippen LogP contribution in [0.15, 0.2) is 18.2 Å². The second-order valence-corrected chi connectivity index (χ2v) is 2.51. The highest BCUT2D eigenvalue weighted by atomic mass is 35.5. The highest BCUT2D eigenvalue weighted by molar-refractivity contribution is 6.68. The number of halogens is 2. The summed E-state index contributed by atoms with van der Waals surface area (Å²) in [6, 6.07) is 3.16. The van der Waals surface area contributed by atoms with Crippen LogP contribution in [0.1, 0.15) is 10.4 Å². The molecule has 0 aliphatic carbocycles. The zero-order chi connectivity index (χ0) is 10.0. The number of nitro benzene ring substituents is 1. The third kappa shape index (κ3) is 1.81. The van der Waals surface area contributed by atoms with Gasteiger partial charge in [-0.1, -0.05) is 6.07 Å². The van der Waals surface area contributed by atoms with Gasteiger partial charge in [-0.15, -0.1) is 0 Å². The molecule has 0 aliphatic rings. The van der Waals surface area contributed by atoms with Crippen molar-refractivity contribution in [2.24, 2.45) is 0 Å². The van der Waals surface area contributed by atoms with E-state index in [1.165, 1.54) is 6.07 Å². The average molecular weight is 204 g/mol. The summed E-state index contributed by atoms with van der Waals surface area (Å²) >= 11 is 5.01. The molecular weight excluding hydrogens is 201 g/mol. The van der Waals surface area contributed by atoms with E-state index in [0.717, 1.165) is 12.1 Å². The van der Waals surface area contributed by atoms with Gasteiger partial charge < -0.3 is 0 Å². The van der Waals surface area contributed by atoms with Crippen LogP contribution in [0.25, 0.3) is 0 Å². The molecule has 4 nitrogen and oxygen atoms in total. The molecule has 0 N–H and O–H groups in total. The summed E-state index contributed by atoms with van der Waals surface area (Å²) in [7, 11) is 0. The van der Waals surface area contributed by atoms with Crippen LogP contribution in [0.5, 0.6) is 0 Å². The SMILES string of the molecule is O=C(Cl)c1cccc(F)c1[N+](=O)[O-]. The molecule has 0 amide bonds. The summed E-state index contributed by atoms with van der Waals surface area (Å²) in [6.45, 7) is 0. The number of benzene rings is 1. The third-order valence-corrected chi connectivity index (χ3v) is 1.58. The number of hydrogen-bond acceptors (Lipinski definition) is 3. The van der Waals surface area contributed by atoms with Crippen molar-refractivity contribution in [3.8, 4) is 0 Å². The molecule has 13 heavy (non-hydrogen) atoms. The van der Waals surface area contributed by atoms with Crippen LogP contribution in [0.3, 0.4) is 0 Å². The molecule has 0 radical (unpaired) electrons. The summed E-state index contributed by atoms with van der Waals surface area (Å²) in [5.74, 6) is -1.07. The Bertz CT molecular complexity index is 380. The minimum absolute atomic E-state index is 0.438. The first-order valence-corrected chi connectivity index (χ1v) is 3.54. The lowest BCUT2D eigenvalue weighted by atomic mass is 10.2. The standard InChI is InChI=1S/C7H3ClFNO3/c8-7(11)4-2-1-3-5(9)6(4)10(12)13/h1-3H. The van der Waals surface area contributed by atoms with Gasteiger partial charge in [-0.05, 0) is 23.7 Å². The summed E-state index contributed by atoms with van der Waals surface area (Å²) in [4.78, 5) is 19.9. The Labute approximate surface area is 77.1 Å². The minimum atomic E-state index is -1.07. The van der Waals surface area contributed by atoms with Crippen LogP contribution in [0, 0.1) is 15.9 Å². The summed E-state index contributed by atoms with van der Waals surface area (Å²) in [5, 5.41) is 9.25. The van der Waals surface area contributed by atoms with Crippen LogP contribution in [-0.4, -0.2) is 10.2 Å². The largest absolute Gasteiger partial charge is 0.316 e. The zero-order valence-electron chi connectivity index (χ0n) is 6.16. The first-order valence-electron chi connectivity index (χ1n) is 3.16. The maximum atomic E-state index is 12.8. The van der Waals surface area contributed by atoms with Crippen LogP contribution in [-0.2, 0) is 0 Å². The molecule has 0 heterocycles. The molecule has 0 aliphatic heterocycles. The highest BCUT2D eigenvalue weighted by Crippen LogP contribution is 2.23. The van der Waals surface area contributed by atoms with E-state index in [0.29, 0.717) is 0 Å². The fraction of sp³-hybridized carbons (Fsp3) is 0. The lowest BCUT2D eigenvalue weighted by Crippen LogP contribution is -2.00. The Morgan fingerprint density at radius 2 is 2.15 bits per heavy atom. The maximum Gasteiger partial charge on any atom is 0.316 e. The topological polar surface area (TPSA) is 60.2 Å². The third-order valence-electron chi connectivity index (χ3n) is 1.38. The van der Waals surface area contributed by atoms with Crippen molar-refractivity contribution in [3.63, 3.8) is 0 Å². The van der Waals surface area contributed by atoms with Crippen LogP contribution in [0.2, 0.25) is 0 Å². The number of carbonyl (C=O) groups is 1. The van der Waals surface area contributed by atoms with E-state index in [-0.39, 0.29) is 0 Å². The molecule has 0 unspecified atom stereocenters. The molecular formula is C7H3ClFNO3. The van der Waals surface area contributed by atoms with Crippen LogP contribution >= 0.6 is 11.6 Å². The molecule has 0 atom stereocenters. The average Bonchev–Trinajstić information content (AvgIpc) is 2.02. The van der Waals surface area contributed by atoms with Gasteiger partial charge in [0.1, 0.15) is 5.56 Å².